The number of aromatic hydroxyl groups is 1. The summed E-state index contributed by atoms with van der Waals surface area (Å²) in [5, 5.41) is 27.6. The molecule has 1 heterocycles. The number of halogens is 1. The number of rotatable bonds is 7. The maximum absolute atomic E-state index is 13.5. The minimum atomic E-state index is -0.942. The molecule has 4 N–H and O–H groups in total. The average Bonchev–Trinajstić information content (AvgIpc) is 3.76. The van der Waals surface area contributed by atoms with E-state index in [2.05, 4.69) is 15.6 Å². The van der Waals surface area contributed by atoms with E-state index in [1.807, 2.05) is 18.2 Å². The Bertz CT molecular complexity index is 1540. The molecule has 0 spiro atoms. The molecule has 8 rings (SSSR count). The number of aromatic nitrogens is 1. The molecule has 8 nitrogen and oxygen atoms in total. The molecule has 1 amide bonds. The quantitative estimate of drug-likeness (QED) is 0.243. The van der Waals surface area contributed by atoms with Crippen molar-refractivity contribution in [2.75, 3.05) is 12.4 Å². The summed E-state index contributed by atoms with van der Waals surface area (Å²) >= 11 is 6.31. The highest BCUT2D eigenvalue weighted by atomic mass is 35.5. The van der Waals surface area contributed by atoms with Crippen LogP contribution in [0.5, 0.6) is 11.5 Å². The van der Waals surface area contributed by atoms with E-state index >= 15 is 0 Å². The van der Waals surface area contributed by atoms with Gasteiger partial charge in [-0.2, -0.15) is 0 Å². The van der Waals surface area contributed by atoms with Gasteiger partial charge < -0.3 is 25.6 Å². The summed E-state index contributed by atoms with van der Waals surface area (Å²) in [5.41, 5.74) is 3.53. The van der Waals surface area contributed by atoms with Crippen molar-refractivity contribution in [2.45, 2.75) is 56.5 Å². The molecule has 5 fully saturated rings. The van der Waals surface area contributed by atoms with Crippen LogP contribution in [0.25, 0.3) is 22.0 Å². The van der Waals surface area contributed by atoms with Crippen LogP contribution < -0.4 is 15.4 Å². The number of pyridine rings is 1. The Morgan fingerprint density at radius 2 is 1.82 bits per heavy atom. The minimum Gasteiger partial charge on any atom is -0.503 e. The zero-order valence-electron chi connectivity index (χ0n) is 22.2. The minimum absolute atomic E-state index is 0.0460. The first kappa shape index (κ1) is 25.4. The van der Waals surface area contributed by atoms with Crippen molar-refractivity contribution in [3.63, 3.8) is 0 Å². The Morgan fingerprint density at radius 1 is 1.07 bits per heavy atom. The van der Waals surface area contributed by atoms with Crippen molar-refractivity contribution < 1.29 is 24.5 Å². The van der Waals surface area contributed by atoms with Gasteiger partial charge in [0.1, 0.15) is 0 Å². The lowest BCUT2D eigenvalue weighted by atomic mass is 9.51. The van der Waals surface area contributed by atoms with Crippen molar-refractivity contribution >= 4 is 40.1 Å². The van der Waals surface area contributed by atoms with Crippen LogP contribution >= 0.6 is 11.6 Å². The van der Waals surface area contributed by atoms with Crippen LogP contribution in [0.15, 0.2) is 36.5 Å². The molecule has 5 aliphatic rings. The van der Waals surface area contributed by atoms with E-state index in [0.717, 1.165) is 72.7 Å². The number of methoxy groups -OCH3 is 1. The third-order valence-corrected chi connectivity index (χ3v) is 9.91. The lowest BCUT2D eigenvalue weighted by Crippen LogP contribution is -2.65. The summed E-state index contributed by atoms with van der Waals surface area (Å²) in [4.78, 5) is 29.8. The number of nitrogens with zero attached hydrogens (tertiary/aromatic N) is 1. The van der Waals surface area contributed by atoms with Gasteiger partial charge in [0.15, 0.2) is 17.3 Å². The molecule has 0 radical (unpaired) electrons. The van der Waals surface area contributed by atoms with Gasteiger partial charge in [0, 0.05) is 29.1 Å². The number of phenols is 1. The predicted octanol–water partition coefficient (Wildman–Crippen LogP) is 6.49. The first-order chi connectivity index (χ1) is 19.2. The van der Waals surface area contributed by atoms with E-state index in [0.29, 0.717) is 23.3 Å². The summed E-state index contributed by atoms with van der Waals surface area (Å²) in [6.07, 6.45) is 7.28. The van der Waals surface area contributed by atoms with Gasteiger partial charge in [-0.3, -0.25) is 9.78 Å². The molecule has 0 saturated heterocycles. The third kappa shape index (κ3) is 4.24. The Morgan fingerprint density at radius 3 is 2.50 bits per heavy atom. The highest BCUT2D eigenvalue weighted by Crippen LogP contribution is 2.56. The zero-order chi connectivity index (χ0) is 27.8. The van der Waals surface area contributed by atoms with Crippen LogP contribution in [0.3, 0.4) is 0 Å². The fourth-order valence-electron chi connectivity index (χ4n) is 7.98. The Balaban J connectivity index is 1.31. The lowest BCUT2D eigenvalue weighted by Gasteiger charge is -2.60. The van der Waals surface area contributed by atoms with Gasteiger partial charge in [0.2, 0.25) is 0 Å². The van der Waals surface area contributed by atoms with Crippen molar-refractivity contribution in [3.8, 4) is 22.6 Å². The topological polar surface area (TPSA) is 121 Å². The van der Waals surface area contributed by atoms with Gasteiger partial charge in [0.05, 0.1) is 28.9 Å². The molecule has 1 aromatic heterocycles. The Labute approximate surface area is 237 Å². The molecule has 40 heavy (non-hydrogen) atoms. The van der Waals surface area contributed by atoms with E-state index in [-0.39, 0.29) is 39.8 Å². The molecule has 3 aromatic rings. The zero-order valence-corrected chi connectivity index (χ0v) is 23.0. The van der Waals surface area contributed by atoms with Crippen LogP contribution in [0.2, 0.25) is 5.02 Å². The van der Waals surface area contributed by atoms with Gasteiger partial charge in [-0.25, -0.2) is 4.79 Å². The number of phenolic OH excluding ortho intramolecular Hbond substituents is 1. The largest absolute Gasteiger partial charge is 0.503 e. The molecule has 208 valence electrons. The molecule has 4 bridgehead atoms. The van der Waals surface area contributed by atoms with Crippen LogP contribution in [-0.4, -0.2) is 45.8 Å². The number of ether oxygens (including phenoxy) is 1. The first-order valence-electron chi connectivity index (χ1n) is 14.0. The smallest absolute Gasteiger partial charge is 0.405 e. The molecule has 5 saturated carbocycles. The average molecular weight is 562 g/mol. The van der Waals surface area contributed by atoms with Crippen LogP contribution in [0, 0.1) is 23.7 Å². The number of carbonyl (C=O) groups is 2. The molecular weight excluding hydrogens is 530 g/mol. The molecule has 5 aliphatic carbocycles. The van der Waals surface area contributed by atoms with Gasteiger partial charge in [-0.05, 0) is 98.1 Å². The second-order valence-electron chi connectivity index (χ2n) is 12.3. The van der Waals surface area contributed by atoms with Crippen molar-refractivity contribution in [1.29, 1.82) is 0 Å². The summed E-state index contributed by atoms with van der Waals surface area (Å²) in [7, 11) is 1.48. The number of fused-ring (bicyclic) bond motifs is 1. The number of anilines is 1. The number of carboxylic acid groups (broad SMARTS) is 1. The highest BCUT2D eigenvalue weighted by Gasteiger charge is 2.56. The van der Waals surface area contributed by atoms with Crippen molar-refractivity contribution in [2.24, 2.45) is 23.7 Å². The molecular formula is C31H32ClN3O5. The van der Waals surface area contributed by atoms with Gasteiger partial charge in [-0.1, -0.05) is 17.7 Å². The summed E-state index contributed by atoms with van der Waals surface area (Å²) in [5.74, 6) is 1.54. The Kier molecular flexibility index (Phi) is 5.89. The summed E-state index contributed by atoms with van der Waals surface area (Å²) in [6, 6.07) is 9.52. The molecule has 0 aliphatic heterocycles. The molecule has 2 atom stereocenters. The maximum Gasteiger partial charge on any atom is 0.405 e. The summed E-state index contributed by atoms with van der Waals surface area (Å²) < 4.78 is 5.32. The molecule has 9 heteroatoms. The number of ketones is 1. The second kappa shape index (κ2) is 9.26. The fraction of sp³-hybridized carbons (Fsp3) is 0.452. The highest BCUT2D eigenvalue weighted by molar-refractivity contribution is 6.32. The number of carbonyl (C=O) groups excluding carboxylic acids is 1. The SMILES string of the molecule is COc1cc(-c2ccc3ncc(C(=O)C4CC4)c(NC4C5CC6CC4CC(NC(=O)O)(C6)C5)c3c2)cc(Cl)c1O. The van der Waals surface area contributed by atoms with E-state index in [1.165, 1.54) is 7.11 Å². The normalized spacial score (nSPS) is 28.4. The van der Waals surface area contributed by atoms with Crippen molar-refractivity contribution in [1.82, 2.24) is 10.3 Å². The fourth-order valence-corrected chi connectivity index (χ4v) is 8.19. The predicted molar refractivity (Wildman–Crippen MR) is 152 cm³/mol. The Hall–Kier alpha value is -3.52. The number of hydrogen-bond acceptors (Lipinski definition) is 6. The van der Waals surface area contributed by atoms with Gasteiger partial charge in [0.25, 0.3) is 0 Å². The monoisotopic (exact) mass is 561 g/mol. The third-order valence-electron chi connectivity index (χ3n) is 9.62. The first-order valence-corrected chi connectivity index (χ1v) is 14.4. The van der Waals surface area contributed by atoms with Crippen molar-refractivity contribution in [3.05, 3.63) is 47.1 Å². The number of amides is 1. The van der Waals surface area contributed by atoms with Gasteiger partial charge >= 0.3 is 6.09 Å². The van der Waals surface area contributed by atoms with Gasteiger partial charge in [-0.15, -0.1) is 0 Å². The summed E-state index contributed by atoms with van der Waals surface area (Å²) in [6.45, 7) is 0. The number of Topliss-reactive ketones (excluding diaryl/α,β-unsaturated/α-hetero) is 1. The number of hydrogen-bond donors (Lipinski definition) is 4. The molecule has 2 unspecified atom stereocenters. The van der Waals surface area contributed by atoms with E-state index in [1.54, 1.807) is 18.3 Å². The van der Waals surface area contributed by atoms with E-state index < -0.39 is 6.09 Å². The number of nitrogens with one attached hydrogen (secondary N) is 2. The van der Waals surface area contributed by atoms with Crippen LogP contribution in [-0.2, 0) is 0 Å². The number of benzene rings is 2. The lowest BCUT2D eigenvalue weighted by molar-refractivity contribution is -0.0265. The maximum atomic E-state index is 13.5. The van der Waals surface area contributed by atoms with Crippen LogP contribution in [0.4, 0.5) is 10.5 Å². The van der Waals surface area contributed by atoms with E-state index in [4.69, 9.17) is 16.3 Å². The molecule has 2 aromatic carbocycles. The van der Waals surface area contributed by atoms with E-state index in [9.17, 15) is 19.8 Å². The standard InChI is InChI=1S/C31H32ClN3O5/c1-40-25-10-18(9-23(32)29(25)37)17-4-5-24-21(8-17)27(22(14-33-24)28(36)16-2-3-16)34-26-19-6-15-7-20(26)13-31(11-15,12-19)35-30(38)39/h4-5,8-10,14-16,19-20,26,35,37H,2-3,6-7,11-13H2,1H3,(H,33,34)(H,38,39). The second-order valence-corrected chi connectivity index (χ2v) is 12.7. The van der Waals surface area contributed by atoms with Crippen LogP contribution in [0.1, 0.15) is 55.3 Å².